The standard InChI is InChI=1S/C12H18N2O3S/c1-4-18(16,17)10-8-6-5-7-9(10)14-11(15)12(2,3)13/h5-8H,4,13H2,1-3H3,(H,14,15). The molecule has 0 bridgehead atoms. The van der Waals surface area contributed by atoms with Gasteiger partial charge < -0.3 is 11.1 Å². The van der Waals surface area contributed by atoms with E-state index in [2.05, 4.69) is 5.32 Å². The molecule has 5 nitrogen and oxygen atoms in total. The highest BCUT2D eigenvalue weighted by molar-refractivity contribution is 7.91. The monoisotopic (exact) mass is 270 g/mol. The molecule has 1 amide bonds. The fourth-order valence-corrected chi connectivity index (χ4v) is 2.33. The minimum Gasteiger partial charge on any atom is -0.323 e. The van der Waals surface area contributed by atoms with Crippen LogP contribution in [0.25, 0.3) is 0 Å². The van der Waals surface area contributed by atoms with Gasteiger partial charge in [0.1, 0.15) is 0 Å². The second-order valence-electron chi connectivity index (χ2n) is 4.58. The number of carbonyl (C=O) groups is 1. The molecule has 0 unspecified atom stereocenters. The van der Waals surface area contributed by atoms with Crippen molar-refractivity contribution in [2.75, 3.05) is 11.1 Å². The molecule has 1 rings (SSSR count). The third-order valence-corrected chi connectivity index (χ3v) is 4.22. The van der Waals surface area contributed by atoms with Gasteiger partial charge in [0.2, 0.25) is 5.91 Å². The van der Waals surface area contributed by atoms with Gasteiger partial charge in [0.05, 0.1) is 21.9 Å². The fourth-order valence-electron chi connectivity index (χ4n) is 1.28. The van der Waals surface area contributed by atoms with Gasteiger partial charge in [-0.05, 0) is 26.0 Å². The molecule has 0 saturated heterocycles. The molecule has 0 fully saturated rings. The number of hydrogen-bond donors (Lipinski definition) is 2. The van der Waals surface area contributed by atoms with Crippen LogP contribution in [-0.2, 0) is 14.6 Å². The summed E-state index contributed by atoms with van der Waals surface area (Å²) in [5, 5.41) is 2.55. The molecule has 0 aliphatic rings. The Labute approximate surface area is 107 Å². The predicted molar refractivity (Wildman–Crippen MR) is 71.1 cm³/mol. The SMILES string of the molecule is CCS(=O)(=O)c1ccccc1NC(=O)C(C)(C)N. The quantitative estimate of drug-likeness (QED) is 0.859. The Hall–Kier alpha value is -1.40. The average molecular weight is 270 g/mol. The molecule has 100 valence electrons. The summed E-state index contributed by atoms with van der Waals surface area (Å²) in [5.41, 5.74) is 4.86. The summed E-state index contributed by atoms with van der Waals surface area (Å²) < 4.78 is 23.7. The molecule has 0 atom stereocenters. The van der Waals surface area contributed by atoms with E-state index in [-0.39, 0.29) is 16.3 Å². The topological polar surface area (TPSA) is 89.3 Å². The van der Waals surface area contributed by atoms with Crippen molar-refractivity contribution in [2.45, 2.75) is 31.2 Å². The van der Waals surface area contributed by atoms with Crippen LogP contribution < -0.4 is 11.1 Å². The van der Waals surface area contributed by atoms with Gasteiger partial charge in [-0.1, -0.05) is 19.1 Å². The summed E-state index contributed by atoms with van der Waals surface area (Å²) in [6.45, 7) is 4.67. The number of benzene rings is 1. The van der Waals surface area contributed by atoms with Crippen molar-refractivity contribution in [3.05, 3.63) is 24.3 Å². The Bertz CT molecular complexity index is 545. The van der Waals surface area contributed by atoms with Gasteiger partial charge in [0.15, 0.2) is 9.84 Å². The number of hydrogen-bond acceptors (Lipinski definition) is 4. The smallest absolute Gasteiger partial charge is 0.243 e. The zero-order valence-electron chi connectivity index (χ0n) is 10.7. The first-order chi connectivity index (χ1) is 8.18. The minimum absolute atomic E-state index is 0.0219. The number of rotatable bonds is 4. The fraction of sp³-hybridized carbons (Fsp3) is 0.417. The molecule has 1 aromatic rings. The van der Waals surface area contributed by atoms with E-state index in [1.807, 2.05) is 0 Å². The molecule has 1 aromatic carbocycles. The van der Waals surface area contributed by atoms with Gasteiger partial charge in [0, 0.05) is 0 Å². The van der Waals surface area contributed by atoms with Crippen molar-refractivity contribution in [3.8, 4) is 0 Å². The Kier molecular flexibility index (Phi) is 4.13. The lowest BCUT2D eigenvalue weighted by Gasteiger charge is -2.19. The zero-order valence-corrected chi connectivity index (χ0v) is 11.5. The van der Waals surface area contributed by atoms with Gasteiger partial charge in [-0.15, -0.1) is 0 Å². The average Bonchev–Trinajstić information content (AvgIpc) is 2.28. The molecule has 0 spiro atoms. The maximum Gasteiger partial charge on any atom is 0.243 e. The summed E-state index contributed by atoms with van der Waals surface area (Å²) >= 11 is 0. The molecular weight excluding hydrogens is 252 g/mol. The van der Waals surface area contributed by atoms with Crippen LogP contribution in [0.15, 0.2) is 29.2 Å². The van der Waals surface area contributed by atoms with E-state index >= 15 is 0 Å². The molecule has 0 saturated carbocycles. The maximum atomic E-state index is 11.9. The second-order valence-corrected chi connectivity index (χ2v) is 6.82. The zero-order chi connectivity index (χ0) is 14.0. The lowest BCUT2D eigenvalue weighted by Crippen LogP contribution is -2.45. The van der Waals surface area contributed by atoms with Gasteiger partial charge in [-0.3, -0.25) is 4.79 Å². The van der Waals surface area contributed by atoms with E-state index in [4.69, 9.17) is 5.73 Å². The summed E-state index contributed by atoms with van der Waals surface area (Å²) in [4.78, 5) is 11.9. The first kappa shape index (κ1) is 14.7. The van der Waals surface area contributed by atoms with Crippen molar-refractivity contribution in [1.29, 1.82) is 0 Å². The largest absolute Gasteiger partial charge is 0.323 e. The predicted octanol–water partition coefficient (Wildman–Crippen LogP) is 1.16. The number of nitrogens with one attached hydrogen (secondary N) is 1. The van der Waals surface area contributed by atoms with E-state index in [0.29, 0.717) is 0 Å². The normalized spacial score (nSPS) is 12.2. The van der Waals surface area contributed by atoms with E-state index in [0.717, 1.165) is 0 Å². The minimum atomic E-state index is -3.38. The summed E-state index contributed by atoms with van der Waals surface area (Å²) in [7, 11) is -3.38. The lowest BCUT2D eigenvalue weighted by atomic mass is 10.1. The molecule has 3 N–H and O–H groups in total. The Morgan fingerprint density at radius 3 is 2.39 bits per heavy atom. The van der Waals surface area contributed by atoms with Gasteiger partial charge in [-0.2, -0.15) is 0 Å². The lowest BCUT2D eigenvalue weighted by molar-refractivity contribution is -0.120. The third kappa shape index (κ3) is 3.30. The number of nitrogens with two attached hydrogens (primary N) is 1. The Morgan fingerprint density at radius 2 is 1.89 bits per heavy atom. The molecule has 18 heavy (non-hydrogen) atoms. The molecular formula is C12H18N2O3S. The van der Waals surface area contributed by atoms with Crippen LogP contribution >= 0.6 is 0 Å². The van der Waals surface area contributed by atoms with Crippen LogP contribution in [0.5, 0.6) is 0 Å². The maximum absolute atomic E-state index is 11.9. The van der Waals surface area contributed by atoms with E-state index in [1.54, 1.807) is 39.0 Å². The molecule has 6 heteroatoms. The van der Waals surface area contributed by atoms with Crippen LogP contribution in [0.4, 0.5) is 5.69 Å². The van der Waals surface area contributed by atoms with E-state index in [1.165, 1.54) is 6.07 Å². The Morgan fingerprint density at radius 1 is 1.33 bits per heavy atom. The summed E-state index contributed by atoms with van der Waals surface area (Å²) in [5.74, 6) is -0.451. The van der Waals surface area contributed by atoms with Gasteiger partial charge >= 0.3 is 0 Å². The number of amides is 1. The first-order valence-electron chi connectivity index (χ1n) is 5.60. The van der Waals surface area contributed by atoms with Gasteiger partial charge in [-0.25, -0.2) is 8.42 Å². The van der Waals surface area contributed by atoms with Gasteiger partial charge in [0.25, 0.3) is 0 Å². The Balaban J connectivity index is 3.16. The van der Waals surface area contributed by atoms with Crippen molar-refractivity contribution in [1.82, 2.24) is 0 Å². The highest BCUT2D eigenvalue weighted by atomic mass is 32.2. The first-order valence-corrected chi connectivity index (χ1v) is 7.26. The summed E-state index contributed by atoms with van der Waals surface area (Å²) in [6, 6.07) is 6.30. The van der Waals surface area contributed by atoms with Crippen LogP contribution in [0, 0.1) is 0 Å². The van der Waals surface area contributed by atoms with Crippen molar-refractivity contribution in [2.24, 2.45) is 5.73 Å². The van der Waals surface area contributed by atoms with Crippen molar-refractivity contribution < 1.29 is 13.2 Å². The van der Waals surface area contributed by atoms with Crippen LogP contribution in [0.3, 0.4) is 0 Å². The number of para-hydroxylation sites is 1. The van der Waals surface area contributed by atoms with Crippen molar-refractivity contribution in [3.63, 3.8) is 0 Å². The van der Waals surface area contributed by atoms with E-state index < -0.39 is 21.3 Å². The third-order valence-electron chi connectivity index (χ3n) is 2.44. The molecule has 0 radical (unpaired) electrons. The number of carbonyl (C=O) groups excluding carboxylic acids is 1. The van der Waals surface area contributed by atoms with Crippen LogP contribution in [-0.4, -0.2) is 25.6 Å². The molecule has 0 aliphatic carbocycles. The molecule has 0 aliphatic heterocycles. The molecule has 0 heterocycles. The number of sulfone groups is 1. The summed E-state index contributed by atoms with van der Waals surface area (Å²) in [6.07, 6.45) is 0. The van der Waals surface area contributed by atoms with Crippen LogP contribution in [0.2, 0.25) is 0 Å². The molecule has 0 aromatic heterocycles. The van der Waals surface area contributed by atoms with Crippen LogP contribution in [0.1, 0.15) is 20.8 Å². The number of anilines is 1. The van der Waals surface area contributed by atoms with Crippen molar-refractivity contribution >= 4 is 21.4 Å². The van der Waals surface area contributed by atoms with E-state index in [9.17, 15) is 13.2 Å². The highest BCUT2D eigenvalue weighted by Crippen LogP contribution is 2.22. The highest BCUT2D eigenvalue weighted by Gasteiger charge is 2.24. The second kappa shape index (κ2) is 5.07.